The number of fused-ring (bicyclic) bond motifs is 1. The number of ether oxygens (including phenoxy) is 1. The first-order valence-electron chi connectivity index (χ1n) is 7.43. The van der Waals surface area contributed by atoms with E-state index in [1.165, 1.54) is 0 Å². The molecule has 0 aliphatic carbocycles. The summed E-state index contributed by atoms with van der Waals surface area (Å²) in [5, 5.41) is 0. The van der Waals surface area contributed by atoms with E-state index in [4.69, 9.17) is 10.5 Å². The number of rotatable bonds is 2. The molecule has 2 heterocycles. The van der Waals surface area contributed by atoms with E-state index in [0.717, 1.165) is 37.2 Å². The van der Waals surface area contributed by atoms with E-state index >= 15 is 0 Å². The Morgan fingerprint density at radius 2 is 2.25 bits per heavy atom. The first kappa shape index (κ1) is 13.4. The second kappa shape index (κ2) is 5.44. The SMILES string of the molecule is C[C@H](N)[C@@H]1CCCN(C(=O)[C@H]2COc3ccccc32)C1. The van der Waals surface area contributed by atoms with Gasteiger partial charge in [-0.05, 0) is 31.7 Å². The number of carbonyl (C=O) groups is 1. The molecule has 0 saturated carbocycles. The van der Waals surface area contributed by atoms with Crippen molar-refractivity contribution in [1.82, 2.24) is 4.90 Å². The molecule has 1 amide bonds. The van der Waals surface area contributed by atoms with Crippen LogP contribution in [0.4, 0.5) is 0 Å². The number of nitrogens with two attached hydrogens (primary N) is 1. The minimum absolute atomic E-state index is 0.141. The summed E-state index contributed by atoms with van der Waals surface area (Å²) in [6, 6.07) is 7.99. The van der Waals surface area contributed by atoms with E-state index in [1.807, 2.05) is 36.1 Å². The molecule has 1 aromatic carbocycles. The summed E-state index contributed by atoms with van der Waals surface area (Å²) < 4.78 is 5.63. The predicted octanol–water partition coefficient (Wildman–Crippen LogP) is 1.75. The zero-order chi connectivity index (χ0) is 14.1. The number of hydrogen-bond donors (Lipinski definition) is 1. The number of nitrogens with zero attached hydrogens (tertiary/aromatic N) is 1. The van der Waals surface area contributed by atoms with Crippen molar-refractivity contribution in [2.45, 2.75) is 31.7 Å². The number of piperidine rings is 1. The van der Waals surface area contributed by atoms with Crippen LogP contribution in [-0.4, -0.2) is 36.5 Å². The lowest BCUT2D eigenvalue weighted by molar-refractivity contribution is -0.135. The molecule has 1 saturated heterocycles. The standard InChI is InChI=1S/C16H22N2O2/c1-11(17)12-5-4-8-18(9-12)16(19)14-10-20-15-7-3-2-6-13(14)15/h2-3,6-7,11-12,14H,4-5,8-10,17H2,1H3/t11-,12+,14-/m0/s1. The van der Waals surface area contributed by atoms with E-state index < -0.39 is 0 Å². The third-order valence-corrected chi connectivity index (χ3v) is 4.51. The average Bonchev–Trinajstić information content (AvgIpc) is 2.90. The van der Waals surface area contributed by atoms with Crippen LogP contribution < -0.4 is 10.5 Å². The molecule has 3 atom stereocenters. The van der Waals surface area contributed by atoms with Crippen LogP contribution >= 0.6 is 0 Å². The van der Waals surface area contributed by atoms with Crippen LogP contribution in [0.25, 0.3) is 0 Å². The van der Waals surface area contributed by atoms with Crippen molar-refractivity contribution >= 4 is 5.91 Å². The van der Waals surface area contributed by atoms with Crippen LogP contribution in [0.3, 0.4) is 0 Å². The quantitative estimate of drug-likeness (QED) is 0.894. The maximum atomic E-state index is 12.7. The van der Waals surface area contributed by atoms with Gasteiger partial charge in [-0.1, -0.05) is 18.2 Å². The molecule has 0 radical (unpaired) electrons. The summed E-state index contributed by atoms with van der Waals surface area (Å²) in [6.07, 6.45) is 2.17. The Balaban J connectivity index is 1.74. The van der Waals surface area contributed by atoms with Crippen molar-refractivity contribution in [2.75, 3.05) is 19.7 Å². The van der Waals surface area contributed by atoms with Crippen LogP contribution in [0, 0.1) is 5.92 Å². The Morgan fingerprint density at radius 1 is 1.45 bits per heavy atom. The van der Waals surface area contributed by atoms with Crippen LogP contribution in [-0.2, 0) is 4.79 Å². The number of para-hydroxylation sites is 1. The zero-order valence-corrected chi connectivity index (χ0v) is 11.9. The van der Waals surface area contributed by atoms with Gasteiger partial charge < -0.3 is 15.4 Å². The van der Waals surface area contributed by atoms with Crippen LogP contribution in [0.2, 0.25) is 0 Å². The number of amides is 1. The molecule has 2 N–H and O–H groups in total. The molecular formula is C16H22N2O2. The lowest BCUT2D eigenvalue weighted by Crippen LogP contribution is -2.46. The van der Waals surface area contributed by atoms with Gasteiger partial charge in [0.25, 0.3) is 0 Å². The van der Waals surface area contributed by atoms with Gasteiger partial charge in [0, 0.05) is 24.7 Å². The maximum Gasteiger partial charge on any atom is 0.233 e. The summed E-state index contributed by atoms with van der Waals surface area (Å²) in [4.78, 5) is 14.7. The molecular weight excluding hydrogens is 252 g/mol. The van der Waals surface area contributed by atoms with Crippen molar-refractivity contribution in [3.8, 4) is 5.75 Å². The second-order valence-corrected chi connectivity index (χ2v) is 5.95. The first-order chi connectivity index (χ1) is 9.66. The smallest absolute Gasteiger partial charge is 0.233 e. The molecule has 20 heavy (non-hydrogen) atoms. The fraction of sp³-hybridized carbons (Fsp3) is 0.562. The summed E-state index contributed by atoms with van der Waals surface area (Å²) in [6.45, 7) is 4.14. The van der Waals surface area contributed by atoms with Gasteiger partial charge in [0.05, 0.1) is 0 Å². The number of carbonyl (C=O) groups excluding carboxylic acids is 1. The van der Waals surface area contributed by atoms with Gasteiger partial charge in [-0.2, -0.15) is 0 Å². The number of benzene rings is 1. The highest BCUT2D eigenvalue weighted by Crippen LogP contribution is 2.35. The van der Waals surface area contributed by atoms with Gasteiger partial charge in [-0.15, -0.1) is 0 Å². The number of likely N-dealkylation sites (tertiary alicyclic amines) is 1. The fourth-order valence-electron chi connectivity index (χ4n) is 3.23. The molecule has 1 aromatic rings. The molecule has 0 spiro atoms. The van der Waals surface area contributed by atoms with Crippen LogP contribution in [0.15, 0.2) is 24.3 Å². The highest BCUT2D eigenvalue weighted by atomic mass is 16.5. The van der Waals surface area contributed by atoms with E-state index in [0.29, 0.717) is 12.5 Å². The van der Waals surface area contributed by atoms with E-state index in [-0.39, 0.29) is 17.9 Å². The Bertz CT molecular complexity index is 501. The van der Waals surface area contributed by atoms with E-state index in [1.54, 1.807) is 0 Å². The van der Waals surface area contributed by atoms with Gasteiger partial charge in [0.2, 0.25) is 5.91 Å². The molecule has 0 unspecified atom stereocenters. The topological polar surface area (TPSA) is 55.6 Å². The highest BCUT2D eigenvalue weighted by Gasteiger charge is 2.35. The van der Waals surface area contributed by atoms with Crippen molar-refractivity contribution in [1.29, 1.82) is 0 Å². The molecule has 2 aliphatic heterocycles. The summed E-state index contributed by atoms with van der Waals surface area (Å²) in [5.41, 5.74) is 7.03. The molecule has 0 bridgehead atoms. The minimum Gasteiger partial charge on any atom is -0.492 e. The van der Waals surface area contributed by atoms with Crippen LogP contribution in [0.1, 0.15) is 31.2 Å². The van der Waals surface area contributed by atoms with E-state index in [2.05, 4.69) is 0 Å². The molecule has 108 valence electrons. The second-order valence-electron chi connectivity index (χ2n) is 5.95. The Kier molecular flexibility index (Phi) is 3.66. The average molecular weight is 274 g/mol. The third kappa shape index (κ3) is 2.40. The molecule has 3 rings (SSSR count). The van der Waals surface area contributed by atoms with Gasteiger partial charge in [0.15, 0.2) is 0 Å². The monoisotopic (exact) mass is 274 g/mol. The predicted molar refractivity (Wildman–Crippen MR) is 77.6 cm³/mol. The van der Waals surface area contributed by atoms with Crippen molar-refractivity contribution < 1.29 is 9.53 Å². The Morgan fingerprint density at radius 3 is 3.05 bits per heavy atom. The highest BCUT2D eigenvalue weighted by molar-refractivity contribution is 5.85. The minimum atomic E-state index is -0.141. The zero-order valence-electron chi connectivity index (χ0n) is 11.9. The lowest BCUT2D eigenvalue weighted by Gasteiger charge is -2.35. The van der Waals surface area contributed by atoms with Crippen molar-refractivity contribution in [3.05, 3.63) is 29.8 Å². The molecule has 1 fully saturated rings. The fourth-order valence-corrected chi connectivity index (χ4v) is 3.23. The molecule has 4 nitrogen and oxygen atoms in total. The van der Waals surface area contributed by atoms with Gasteiger partial charge in [-0.3, -0.25) is 4.79 Å². The Hall–Kier alpha value is -1.55. The first-order valence-corrected chi connectivity index (χ1v) is 7.43. The molecule has 0 aromatic heterocycles. The van der Waals surface area contributed by atoms with Crippen molar-refractivity contribution in [2.24, 2.45) is 11.7 Å². The third-order valence-electron chi connectivity index (χ3n) is 4.51. The van der Waals surface area contributed by atoms with E-state index in [9.17, 15) is 4.79 Å². The normalized spacial score (nSPS) is 26.8. The molecule has 4 heteroatoms. The van der Waals surface area contributed by atoms with Gasteiger partial charge in [0.1, 0.15) is 18.3 Å². The maximum absolute atomic E-state index is 12.7. The van der Waals surface area contributed by atoms with Crippen molar-refractivity contribution in [3.63, 3.8) is 0 Å². The lowest BCUT2D eigenvalue weighted by atomic mass is 9.90. The Labute approximate surface area is 119 Å². The summed E-state index contributed by atoms with van der Waals surface area (Å²) >= 11 is 0. The van der Waals surface area contributed by atoms with Crippen LogP contribution in [0.5, 0.6) is 5.75 Å². The molecule has 2 aliphatic rings. The summed E-state index contributed by atoms with van der Waals surface area (Å²) in [5.74, 6) is 1.33. The van der Waals surface area contributed by atoms with Gasteiger partial charge >= 0.3 is 0 Å². The van der Waals surface area contributed by atoms with Gasteiger partial charge in [-0.25, -0.2) is 0 Å². The summed E-state index contributed by atoms with van der Waals surface area (Å²) in [7, 11) is 0. The number of hydrogen-bond acceptors (Lipinski definition) is 3. The largest absolute Gasteiger partial charge is 0.492 e.